The maximum absolute atomic E-state index is 10.8. The summed E-state index contributed by atoms with van der Waals surface area (Å²) in [5, 5.41) is 1.10. The molecule has 3 nitrogen and oxygen atoms in total. The molecule has 0 aromatic heterocycles. The van der Waals surface area contributed by atoms with Gasteiger partial charge in [-0.15, -0.1) is 0 Å². The first-order valence-electron chi connectivity index (χ1n) is 5.84. The minimum atomic E-state index is 0.259. The first-order valence-corrected chi connectivity index (χ1v) is 6.59. The molecular formula is C15H12Cl2O3. The van der Waals surface area contributed by atoms with Crippen LogP contribution in [0.1, 0.15) is 15.9 Å². The van der Waals surface area contributed by atoms with Crippen LogP contribution in [0.3, 0.4) is 0 Å². The number of rotatable bonds is 5. The summed E-state index contributed by atoms with van der Waals surface area (Å²) in [4.78, 5) is 10.8. The number of ether oxygens (including phenoxy) is 2. The minimum Gasteiger partial charge on any atom is -0.493 e. The Bertz CT molecular complexity index is 627. The first-order chi connectivity index (χ1) is 9.63. The Morgan fingerprint density at radius 3 is 2.55 bits per heavy atom. The van der Waals surface area contributed by atoms with Crippen molar-refractivity contribution in [3.63, 3.8) is 0 Å². The van der Waals surface area contributed by atoms with Crippen LogP contribution in [0, 0.1) is 0 Å². The Hall–Kier alpha value is -1.71. The number of carbonyl (C=O) groups excluding carboxylic acids is 1. The van der Waals surface area contributed by atoms with Crippen molar-refractivity contribution in [2.75, 3.05) is 7.11 Å². The summed E-state index contributed by atoms with van der Waals surface area (Å²) in [6.45, 7) is 0.259. The average Bonchev–Trinajstić information content (AvgIpc) is 2.46. The largest absolute Gasteiger partial charge is 0.493 e. The lowest BCUT2D eigenvalue weighted by Gasteiger charge is -2.12. The monoisotopic (exact) mass is 310 g/mol. The molecule has 0 fully saturated rings. The molecule has 0 aliphatic rings. The van der Waals surface area contributed by atoms with E-state index in [0.29, 0.717) is 27.1 Å². The van der Waals surface area contributed by atoms with E-state index in [4.69, 9.17) is 32.7 Å². The van der Waals surface area contributed by atoms with Crippen molar-refractivity contribution in [3.8, 4) is 11.5 Å². The lowest BCUT2D eigenvalue weighted by Crippen LogP contribution is -1.99. The van der Waals surface area contributed by atoms with Gasteiger partial charge >= 0.3 is 0 Å². The Kier molecular flexibility index (Phi) is 4.88. The molecule has 0 saturated carbocycles. The van der Waals surface area contributed by atoms with Gasteiger partial charge in [0.2, 0.25) is 0 Å². The lowest BCUT2D eigenvalue weighted by atomic mass is 10.2. The van der Waals surface area contributed by atoms with Crippen molar-refractivity contribution >= 4 is 29.5 Å². The third-order valence-corrected chi connectivity index (χ3v) is 3.31. The van der Waals surface area contributed by atoms with Crippen LogP contribution in [-0.2, 0) is 6.61 Å². The fourth-order valence-electron chi connectivity index (χ4n) is 1.67. The molecule has 0 atom stereocenters. The highest BCUT2D eigenvalue weighted by molar-refractivity contribution is 6.35. The van der Waals surface area contributed by atoms with E-state index < -0.39 is 0 Å². The molecule has 0 aliphatic carbocycles. The normalized spacial score (nSPS) is 10.2. The number of aldehydes is 1. The SMILES string of the molecule is COc1ccc(C=O)cc1OCc1ccc(Cl)cc1Cl. The fraction of sp³-hybridized carbons (Fsp3) is 0.133. The van der Waals surface area contributed by atoms with E-state index in [9.17, 15) is 4.79 Å². The third kappa shape index (κ3) is 3.44. The summed E-state index contributed by atoms with van der Waals surface area (Å²) in [5.74, 6) is 1.05. The van der Waals surface area contributed by atoms with Gasteiger partial charge in [-0.05, 0) is 30.3 Å². The van der Waals surface area contributed by atoms with Gasteiger partial charge < -0.3 is 9.47 Å². The first kappa shape index (κ1) is 14.7. The van der Waals surface area contributed by atoms with Crippen LogP contribution in [0.25, 0.3) is 0 Å². The molecule has 0 unspecified atom stereocenters. The molecule has 20 heavy (non-hydrogen) atoms. The molecule has 0 amide bonds. The molecule has 0 radical (unpaired) electrons. The van der Waals surface area contributed by atoms with Crippen LogP contribution < -0.4 is 9.47 Å². The lowest BCUT2D eigenvalue weighted by molar-refractivity contribution is 0.112. The zero-order valence-corrected chi connectivity index (χ0v) is 12.2. The van der Waals surface area contributed by atoms with E-state index in [1.807, 2.05) is 0 Å². The quantitative estimate of drug-likeness (QED) is 0.768. The van der Waals surface area contributed by atoms with Gasteiger partial charge in [0.15, 0.2) is 11.5 Å². The number of hydrogen-bond donors (Lipinski definition) is 0. The predicted molar refractivity (Wildman–Crippen MR) is 79.2 cm³/mol. The van der Waals surface area contributed by atoms with E-state index in [-0.39, 0.29) is 6.61 Å². The molecule has 0 heterocycles. The van der Waals surface area contributed by atoms with Crippen molar-refractivity contribution in [1.82, 2.24) is 0 Å². The number of carbonyl (C=O) groups is 1. The number of halogens is 2. The minimum absolute atomic E-state index is 0.259. The number of methoxy groups -OCH3 is 1. The van der Waals surface area contributed by atoms with Crippen molar-refractivity contribution in [3.05, 3.63) is 57.6 Å². The second-order valence-corrected chi connectivity index (χ2v) is 4.90. The highest BCUT2D eigenvalue weighted by Crippen LogP contribution is 2.29. The van der Waals surface area contributed by atoms with Crippen molar-refractivity contribution in [2.45, 2.75) is 6.61 Å². The van der Waals surface area contributed by atoms with E-state index in [1.54, 1.807) is 36.4 Å². The maximum Gasteiger partial charge on any atom is 0.162 e. The third-order valence-electron chi connectivity index (χ3n) is 2.72. The summed E-state index contributed by atoms with van der Waals surface area (Å²) >= 11 is 11.9. The second-order valence-electron chi connectivity index (χ2n) is 4.05. The van der Waals surface area contributed by atoms with Crippen molar-refractivity contribution < 1.29 is 14.3 Å². The number of hydrogen-bond acceptors (Lipinski definition) is 3. The van der Waals surface area contributed by atoms with Gasteiger partial charge in [-0.3, -0.25) is 4.79 Å². The Balaban J connectivity index is 2.19. The molecule has 0 spiro atoms. The molecule has 0 aliphatic heterocycles. The van der Waals surface area contributed by atoms with Crippen LogP contribution in [0.15, 0.2) is 36.4 Å². The molecule has 2 aromatic rings. The zero-order chi connectivity index (χ0) is 14.5. The molecule has 104 valence electrons. The summed E-state index contributed by atoms with van der Waals surface area (Å²) in [5.41, 5.74) is 1.32. The van der Waals surface area contributed by atoms with Gasteiger partial charge in [0.25, 0.3) is 0 Å². The fourth-order valence-corrected chi connectivity index (χ4v) is 2.14. The Morgan fingerprint density at radius 2 is 1.90 bits per heavy atom. The van der Waals surface area contributed by atoms with Crippen LogP contribution in [0.5, 0.6) is 11.5 Å². The Morgan fingerprint density at radius 1 is 1.10 bits per heavy atom. The molecule has 2 rings (SSSR count). The molecule has 2 aromatic carbocycles. The van der Waals surface area contributed by atoms with Gasteiger partial charge in [-0.2, -0.15) is 0 Å². The predicted octanol–water partition coefficient (Wildman–Crippen LogP) is 4.39. The molecule has 0 bridgehead atoms. The van der Waals surface area contributed by atoms with E-state index in [0.717, 1.165) is 11.8 Å². The van der Waals surface area contributed by atoms with Crippen LogP contribution in [0.4, 0.5) is 0 Å². The second kappa shape index (κ2) is 6.64. The molecule has 0 N–H and O–H groups in total. The van der Waals surface area contributed by atoms with Gasteiger partial charge in [0.1, 0.15) is 12.9 Å². The molecular weight excluding hydrogens is 299 g/mol. The smallest absolute Gasteiger partial charge is 0.162 e. The summed E-state index contributed by atoms with van der Waals surface area (Å²) in [6, 6.07) is 10.2. The zero-order valence-electron chi connectivity index (χ0n) is 10.7. The van der Waals surface area contributed by atoms with Gasteiger partial charge in [0.05, 0.1) is 7.11 Å². The summed E-state index contributed by atoms with van der Waals surface area (Å²) < 4.78 is 10.9. The van der Waals surface area contributed by atoms with E-state index in [2.05, 4.69) is 0 Å². The maximum atomic E-state index is 10.8. The van der Waals surface area contributed by atoms with Crippen LogP contribution >= 0.6 is 23.2 Å². The van der Waals surface area contributed by atoms with Gasteiger partial charge in [-0.1, -0.05) is 29.3 Å². The highest BCUT2D eigenvalue weighted by Gasteiger charge is 2.08. The van der Waals surface area contributed by atoms with Crippen molar-refractivity contribution in [2.24, 2.45) is 0 Å². The van der Waals surface area contributed by atoms with Gasteiger partial charge in [-0.25, -0.2) is 0 Å². The number of benzene rings is 2. The van der Waals surface area contributed by atoms with Gasteiger partial charge in [0, 0.05) is 21.2 Å². The van der Waals surface area contributed by atoms with E-state index >= 15 is 0 Å². The van der Waals surface area contributed by atoms with Crippen molar-refractivity contribution in [1.29, 1.82) is 0 Å². The molecule has 0 saturated heterocycles. The Labute approximate surface area is 127 Å². The molecule has 5 heteroatoms. The highest BCUT2D eigenvalue weighted by atomic mass is 35.5. The van der Waals surface area contributed by atoms with Crippen LogP contribution in [0.2, 0.25) is 10.0 Å². The van der Waals surface area contributed by atoms with Crippen LogP contribution in [-0.4, -0.2) is 13.4 Å². The standard InChI is InChI=1S/C15H12Cl2O3/c1-19-14-5-2-10(8-18)6-15(14)20-9-11-3-4-12(16)7-13(11)17/h2-8H,9H2,1H3. The average molecular weight is 311 g/mol. The van der Waals surface area contributed by atoms with E-state index in [1.165, 1.54) is 7.11 Å². The summed E-state index contributed by atoms with van der Waals surface area (Å²) in [7, 11) is 1.54. The summed E-state index contributed by atoms with van der Waals surface area (Å²) in [6.07, 6.45) is 0.752. The topological polar surface area (TPSA) is 35.5 Å².